The molecular formula is C16H29N. The Bertz CT molecular complexity index is 252. The summed E-state index contributed by atoms with van der Waals surface area (Å²) in [6.07, 6.45) is 10.6. The summed E-state index contributed by atoms with van der Waals surface area (Å²) >= 11 is 0. The molecule has 0 aromatic rings. The number of hydrogen-bond donors (Lipinski definition) is 1. The Balaban J connectivity index is 2.54. The molecule has 0 amide bonds. The van der Waals surface area contributed by atoms with Crippen LogP contribution in [-0.2, 0) is 0 Å². The molecule has 0 spiro atoms. The lowest BCUT2D eigenvalue weighted by Crippen LogP contribution is -2.45. The average molecular weight is 235 g/mol. The molecule has 1 fully saturated rings. The largest absolute Gasteiger partial charge is 0.313 e. The molecule has 1 aliphatic rings. The molecular weight excluding hydrogens is 206 g/mol. The van der Waals surface area contributed by atoms with Gasteiger partial charge in [-0.2, -0.15) is 0 Å². The molecule has 0 aromatic heterocycles. The molecule has 1 N–H and O–H groups in total. The summed E-state index contributed by atoms with van der Waals surface area (Å²) in [5.74, 6) is 6.24. The summed E-state index contributed by atoms with van der Waals surface area (Å²) in [7, 11) is 0. The van der Waals surface area contributed by atoms with Crippen LogP contribution in [0.4, 0.5) is 0 Å². The number of nitrogens with one attached hydrogen (secondary N) is 1. The molecule has 0 bridgehead atoms. The monoisotopic (exact) mass is 235 g/mol. The third-order valence-electron chi connectivity index (χ3n) is 4.21. The second-order valence-corrected chi connectivity index (χ2v) is 5.69. The van der Waals surface area contributed by atoms with Crippen molar-refractivity contribution in [2.75, 3.05) is 6.54 Å². The van der Waals surface area contributed by atoms with Crippen LogP contribution >= 0.6 is 0 Å². The van der Waals surface area contributed by atoms with Crippen molar-refractivity contribution in [3.63, 3.8) is 0 Å². The highest BCUT2D eigenvalue weighted by Crippen LogP contribution is 2.40. The van der Waals surface area contributed by atoms with E-state index in [0.717, 1.165) is 13.0 Å². The minimum absolute atomic E-state index is 0.517. The van der Waals surface area contributed by atoms with Gasteiger partial charge in [-0.15, -0.1) is 11.8 Å². The van der Waals surface area contributed by atoms with Crippen LogP contribution < -0.4 is 5.32 Å². The Morgan fingerprint density at radius 1 is 1.24 bits per heavy atom. The van der Waals surface area contributed by atoms with Gasteiger partial charge in [-0.1, -0.05) is 33.1 Å². The normalized spacial score (nSPS) is 20.4. The summed E-state index contributed by atoms with van der Waals surface area (Å²) in [5, 5.41) is 3.77. The highest BCUT2D eigenvalue weighted by Gasteiger charge is 2.34. The minimum atomic E-state index is 0.517. The van der Waals surface area contributed by atoms with E-state index >= 15 is 0 Å². The highest BCUT2D eigenvalue weighted by atomic mass is 14.9. The van der Waals surface area contributed by atoms with Gasteiger partial charge in [0.15, 0.2) is 0 Å². The zero-order chi connectivity index (χ0) is 12.6. The molecule has 1 rings (SSSR count). The third kappa shape index (κ3) is 4.72. The first-order chi connectivity index (χ1) is 8.23. The van der Waals surface area contributed by atoms with Gasteiger partial charge in [0.25, 0.3) is 0 Å². The van der Waals surface area contributed by atoms with Crippen LogP contribution in [0.25, 0.3) is 0 Å². The summed E-state index contributed by atoms with van der Waals surface area (Å²) in [6, 6.07) is 0.670. The van der Waals surface area contributed by atoms with Crippen LogP contribution in [0.2, 0.25) is 0 Å². The standard InChI is InChI=1S/C16H29N/c1-4-6-8-11-15(17-14-5-2)16(3)12-9-7-10-13-16/h15,17H,5,7-14H2,1-3H3. The van der Waals surface area contributed by atoms with Crippen LogP contribution in [0.3, 0.4) is 0 Å². The van der Waals surface area contributed by atoms with E-state index < -0.39 is 0 Å². The van der Waals surface area contributed by atoms with Gasteiger partial charge in [0, 0.05) is 12.5 Å². The predicted octanol–water partition coefficient (Wildman–Crippen LogP) is 4.13. The summed E-state index contributed by atoms with van der Waals surface area (Å²) in [5.41, 5.74) is 0.517. The molecule has 98 valence electrons. The lowest BCUT2D eigenvalue weighted by atomic mass is 9.69. The maximum atomic E-state index is 3.77. The molecule has 0 aromatic carbocycles. The molecule has 1 saturated carbocycles. The first-order valence-corrected chi connectivity index (χ1v) is 7.36. The average Bonchev–Trinajstić information content (AvgIpc) is 2.34. The van der Waals surface area contributed by atoms with Gasteiger partial charge in [0.05, 0.1) is 0 Å². The van der Waals surface area contributed by atoms with Crippen molar-refractivity contribution >= 4 is 0 Å². The van der Waals surface area contributed by atoms with Gasteiger partial charge in [0.1, 0.15) is 0 Å². The molecule has 1 nitrogen and oxygen atoms in total. The Kier molecular flexibility index (Phi) is 6.66. The fourth-order valence-electron chi connectivity index (χ4n) is 3.06. The van der Waals surface area contributed by atoms with Crippen molar-refractivity contribution in [3.05, 3.63) is 0 Å². The second kappa shape index (κ2) is 7.77. The van der Waals surface area contributed by atoms with Gasteiger partial charge in [-0.05, 0) is 44.6 Å². The van der Waals surface area contributed by atoms with E-state index in [-0.39, 0.29) is 0 Å². The van der Waals surface area contributed by atoms with Crippen LogP contribution in [0, 0.1) is 17.3 Å². The Morgan fingerprint density at radius 2 is 1.94 bits per heavy atom. The van der Waals surface area contributed by atoms with Crippen molar-refractivity contribution in [1.29, 1.82) is 0 Å². The van der Waals surface area contributed by atoms with Crippen molar-refractivity contribution in [2.45, 2.75) is 78.2 Å². The van der Waals surface area contributed by atoms with E-state index in [0.29, 0.717) is 11.5 Å². The topological polar surface area (TPSA) is 12.0 Å². The van der Waals surface area contributed by atoms with Gasteiger partial charge < -0.3 is 5.32 Å². The van der Waals surface area contributed by atoms with Crippen molar-refractivity contribution in [3.8, 4) is 11.8 Å². The first-order valence-electron chi connectivity index (χ1n) is 7.36. The van der Waals surface area contributed by atoms with Crippen molar-refractivity contribution in [1.82, 2.24) is 5.32 Å². The van der Waals surface area contributed by atoms with Crippen molar-refractivity contribution < 1.29 is 0 Å². The van der Waals surface area contributed by atoms with E-state index in [1.165, 1.54) is 44.9 Å². The van der Waals surface area contributed by atoms with Crippen molar-refractivity contribution in [2.24, 2.45) is 5.41 Å². The molecule has 17 heavy (non-hydrogen) atoms. The lowest BCUT2D eigenvalue weighted by Gasteiger charge is -2.41. The molecule has 0 radical (unpaired) electrons. The molecule has 0 saturated heterocycles. The van der Waals surface area contributed by atoms with E-state index in [1.54, 1.807) is 0 Å². The summed E-state index contributed by atoms with van der Waals surface area (Å²) in [4.78, 5) is 0. The first kappa shape index (κ1) is 14.6. The van der Waals surface area contributed by atoms with Gasteiger partial charge >= 0.3 is 0 Å². The van der Waals surface area contributed by atoms with E-state index in [2.05, 4.69) is 31.0 Å². The quantitative estimate of drug-likeness (QED) is 0.683. The van der Waals surface area contributed by atoms with Gasteiger partial charge in [-0.3, -0.25) is 0 Å². The molecule has 1 unspecified atom stereocenters. The maximum Gasteiger partial charge on any atom is 0.0130 e. The highest BCUT2D eigenvalue weighted by molar-refractivity contribution is 4.98. The van der Waals surface area contributed by atoms with Crippen LogP contribution in [-0.4, -0.2) is 12.6 Å². The summed E-state index contributed by atoms with van der Waals surface area (Å²) < 4.78 is 0. The molecule has 1 atom stereocenters. The Morgan fingerprint density at radius 3 is 2.53 bits per heavy atom. The van der Waals surface area contributed by atoms with E-state index in [1.807, 2.05) is 6.92 Å². The Hall–Kier alpha value is -0.480. The zero-order valence-electron chi connectivity index (χ0n) is 11.9. The SMILES string of the molecule is CC#CCCC(NCCC)C1(C)CCCCC1. The van der Waals surface area contributed by atoms with E-state index in [9.17, 15) is 0 Å². The van der Waals surface area contributed by atoms with Crippen LogP contribution in [0.5, 0.6) is 0 Å². The van der Waals surface area contributed by atoms with E-state index in [4.69, 9.17) is 0 Å². The zero-order valence-corrected chi connectivity index (χ0v) is 11.9. The smallest absolute Gasteiger partial charge is 0.0130 e. The van der Waals surface area contributed by atoms with Crippen LogP contribution in [0.1, 0.15) is 72.1 Å². The number of rotatable bonds is 6. The van der Waals surface area contributed by atoms with Gasteiger partial charge in [0.2, 0.25) is 0 Å². The predicted molar refractivity (Wildman–Crippen MR) is 76.0 cm³/mol. The maximum absolute atomic E-state index is 3.77. The third-order valence-corrected chi connectivity index (χ3v) is 4.21. The Labute approximate surface area is 108 Å². The minimum Gasteiger partial charge on any atom is -0.313 e. The van der Waals surface area contributed by atoms with Crippen LogP contribution in [0.15, 0.2) is 0 Å². The molecule has 0 heterocycles. The fourth-order valence-corrected chi connectivity index (χ4v) is 3.06. The molecule has 1 aliphatic carbocycles. The fraction of sp³-hybridized carbons (Fsp3) is 0.875. The molecule has 0 aliphatic heterocycles. The second-order valence-electron chi connectivity index (χ2n) is 5.69. The summed E-state index contributed by atoms with van der Waals surface area (Å²) in [6.45, 7) is 7.83. The number of hydrogen-bond acceptors (Lipinski definition) is 1. The molecule has 1 heteroatoms. The van der Waals surface area contributed by atoms with Gasteiger partial charge in [-0.25, -0.2) is 0 Å². The lowest BCUT2D eigenvalue weighted by molar-refractivity contribution is 0.138.